The smallest absolute Gasteiger partial charge is 0.305 e. The Morgan fingerprint density at radius 1 is 1.43 bits per heavy atom. The van der Waals surface area contributed by atoms with Gasteiger partial charge in [0.1, 0.15) is 11.5 Å². The number of hydrogen-bond donors (Lipinski definition) is 1. The van der Waals surface area contributed by atoms with Gasteiger partial charge in [0, 0.05) is 30.9 Å². The van der Waals surface area contributed by atoms with Gasteiger partial charge in [-0.05, 0) is 12.1 Å². The number of aliphatic carboxylic acids is 1. The van der Waals surface area contributed by atoms with Gasteiger partial charge in [-0.3, -0.25) is 9.69 Å². The van der Waals surface area contributed by atoms with Gasteiger partial charge in [-0.1, -0.05) is 12.1 Å². The normalized spacial score (nSPS) is 18.9. The van der Waals surface area contributed by atoms with Crippen molar-refractivity contribution in [3.05, 3.63) is 48.0 Å². The van der Waals surface area contributed by atoms with Crippen molar-refractivity contribution in [2.24, 2.45) is 0 Å². The number of benzene rings is 1. The molecule has 1 aliphatic rings. The Bertz CT molecular complexity index is 689. The molecule has 2 aromatic rings. The van der Waals surface area contributed by atoms with Crippen LogP contribution in [0, 0.1) is 5.82 Å². The summed E-state index contributed by atoms with van der Waals surface area (Å²) in [6.45, 7) is 2.23. The lowest BCUT2D eigenvalue weighted by Crippen LogP contribution is -2.45. The Balaban J connectivity index is 1.73. The number of halogens is 1. The Morgan fingerprint density at radius 3 is 3.04 bits per heavy atom. The maximum Gasteiger partial charge on any atom is 0.305 e. The lowest BCUT2D eigenvalue weighted by molar-refractivity contribution is -0.140. The first-order chi connectivity index (χ1) is 11.1. The summed E-state index contributed by atoms with van der Waals surface area (Å²) in [6, 6.07) is 6.28. The molecular weight excluding hydrogens is 301 g/mol. The molecule has 0 aliphatic carbocycles. The van der Waals surface area contributed by atoms with Crippen molar-refractivity contribution in [3.8, 4) is 5.69 Å². The van der Waals surface area contributed by atoms with E-state index in [-0.39, 0.29) is 18.3 Å². The number of para-hydroxylation sites is 1. The van der Waals surface area contributed by atoms with E-state index in [1.165, 1.54) is 10.7 Å². The first kappa shape index (κ1) is 15.6. The standard InChI is InChI=1S/C16H18FN3O3/c17-14-3-1-2-4-15(14)20-10-12(8-18-20)9-19-5-6-23-11-13(19)7-16(21)22/h1-4,8,10,13H,5-7,9,11H2,(H,21,22)/t13-/m0/s1. The largest absolute Gasteiger partial charge is 0.481 e. The van der Waals surface area contributed by atoms with E-state index in [0.717, 1.165) is 5.56 Å². The molecule has 0 radical (unpaired) electrons. The molecule has 3 rings (SSSR count). The molecule has 6 nitrogen and oxygen atoms in total. The van der Waals surface area contributed by atoms with E-state index in [1.54, 1.807) is 30.6 Å². The van der Waals surface area contributed by atoms with E-state index >= 15 is 0 Å². The fourth-order valence-electron chi connectivity index (χ4n) is 2.73. The molecule has 122 valence electrons. The molecule has 1 atom stereocenters. The van der Waals surface area contributed by atoms with Crippen LogP contribution in [-0.4, -0.2) is 51.6 Å². The fourth-order valence-corrected chi connectivity index (χ4v) is 2.73. The van der Waals surface area contributed by atoms with Gasteiger partial charge in [0.2, 0.25) is 0 Å². The third-order valence-corrected chi connectivity index (χ3v) is 3.88. The van der Waals surface area contributed by atoms with E-state index in [9.17, 15) is 9.18 Å². The Labute approximate surface area is 133 Å². The van der Waals surface area contributed by atoms with Crippen LogP contribution in [0.1, 0.15) is 12.0 Å². The van der Waals surface area contributed by atoms with Crippen molar-refractivity contribution in [1.29, 1.82) is 0 Å². The molecule has 0 saturated carbocycles. The van der Waals surface area contributed by atoms with Gasteiger partial charge in [0.15, 0.2) is 0 Å². The van der Waals surface area contributed by atoms with Gasteiger partial charge >= 0.3 is 5.97 Å². The minimum absolute atomic E-state index is 0.0431. The molecule has 23 heavy (non-hydrogen) atoms. The zero-order chi connectivity index (χ0) is 16.2. The average molecular weight is 319 g/mol. The molecule has 0 unspecified atom stereocenters. The summed E-state index contributed by atoms with van der Waals surface area (Å²) in [7, 11) is 0. The third-order valence-electron chi connectivity index (χ3n) is 3.88. The van der Waals surface area contributed by atoms with Crippen molar-refractivity contribution in [2.75, 3.05) is 19.8 Å². The number of rotatable bonds is 5. The number of hydrogen-bond acceptors (Lipinski definition) is 4. The van der Waals surface area contributed by atoms with Crippen LogP contribution in [0.2, 0.25) is 0 Å². The van der Waals surface area contributed by atoms with E-state index in [2.05, 4.69) is 10.00 Å². The fraction of sp³-hybridized carbons (Fsp3) is 0.375. The molecule has 0 amide bonds. The lowest BCUT2D eigenvalue weighted by atomic mass is 10.1. The molecule has 1 aliphatic heterocycles. The van der Waals surface area contributed by atoms with Crippen molar-refractivity contribution in [1.82, 2.24) is 14.7 Å². The number of aromatic nitrogens is 2. The van der Waals surface area contributed by atoms with Crippen molar-refractivity contribution < 1.29 is 19.0 Å². The highest BCUT2D eigenvalue weighted by atomic mass is 19.1. The van der Waals surface area contributed by atoms with Gasteiger partial charge < -0.3 is 9.84 Å². The molecule has 7 heteroatoms. The van der Waals surface area contributed by atoms with Crippen molar-refractivity contribution >= 4 is 5.97 Å². The Kier molecular flexibility index (Phi) is 4.68. The predicted molar refractivity (Wildman–Crippen MR) is 80.8 cm³/mol. The summed E-state index contributed by atoms with van der Waals surface area (Å²) in [5.74, 6) is -1.18. The van der Waals surface area contributed by atoms with Crippen LogP contribution < -0.4 is 0 Å². The number of morpholine rings is 1. The number of carboxylic acids is 1. The maximum absolute atomic E-state index is 13.8. The first-order valence-corrected chi connectivity index (χ1v) is 7.45. The highest BCUT2D eigenvalue weighted by molar-refractivity contribution is 5.67. The number of carboxylic acid groups (broad SMARTS) is 1. The maximum atomic E-state index is 13.8. The second-order valence-electron chi connectivity index (χ2n) is 5.54. The van der Waals surface area contributed by atoms with Crippen molar-refractivity contribution in [2.45, 2.75) is 19.0 Å². The van der Waals surface area contributed by atoms with Gasteiger partial charge in [-0.2, -0.15) is 5.10 Å². The second-order valence-corrected chi connectivity index (χ2v) is 5.54. The summed E-state index contributed by atoms with van der Waals surface area (Å²) < 4.78 is 20.7. The summed E-state index contributed by atoms with van der Waals surface area (Å²) >= 11 is 0. The molecule has 2 heterocycles. The second kappa shape index (κ2) is 6.89. The molecular formula is C16H18FN3O3. The van der Waals surface area contributed by atoms with Crippen LogP contribution in [0.4, 0.5) is 4.39 Å². The molecule has 0 spiro atoms. The number of nitrogens with zero attached hydrogens (tertiary/aromatic N) is 3. The summed E-state index contributed by atoms with van der Waals surface area (Å²) in [5, 5.41) is 13.2. The molecule has 1 aromatic carbocycles. The number of ether oxygens (including phenoxy) is 1. The SMILES string of the molecule is O=C(O)C[C@H]1COCCN1Cc1cnn(-c2ccccc2F)c1. The van der Waals surface area contributed by atoms with Crippen LogP contribution in [0.15, 0.2) is 36.7 Å². The van der Waals surface area contributed by atoms with Crippen molar-refractivity contribution in [3.63, 3.8) is 0 Å². The van der Waals surface area contributed by atoms with Crippen LogP contribution >= 0.6 is 0 Å². The van der Waals surface area contributed by atoms with Crippen LogP contribution in [0.5, 0.6) is 0 Å². The third kappa shape index (κ3) is 3.75. The molecule has 1 N–H and O–H groups in total. The predicted octanol–water partition coefficient (Wildman–Crippen LogP) is 1.69. The Morgan fingerprint density at radius 2 is 2.26 bits per heavy atom. The number of carbonyl (C=O) groups is 1. The summed E-state index contributed by atoms with van der Waals surface area (Å²) in [6.07, 6.45) is 3.49. The zero-order valence-corrected chi connectivity index (χ0v) is 12.6. The zero-order valence-electron chi connectivity index (χ0n) is 12.6. The molecule has 0 bridgehead atoms. The minimum atomic E-state index is -0.840. The summed E-state index contributed by atoms with van der Waals surface area (Å²) in [4.78, 5) is 13.0. The monoisotopic (exact) mass is 319 g/mol. The quantitative estimate of drug-likeness (QED) is 0.908. The Hall–Kier alpha value is -2.25. The average Bonchev–Trinajstić information content (AvgIpc) is 2.97. The first-order valence-electron chi connectivity index (χ1n) is 7.45. The van der Waals surface area contributed by atoms with E-state index < -0.39 is 5.97 Å². The molecule has 1 fully saturated rings. The van der Waals surface area contributed by atoms with Gasteiger partial charge in [0.25, 0.3) is 0 Å². The highest BCUT2D eigenvalue weighted by Gasteiger charge is 2.25. The molecule has 1 saturated heterocycles. The summed E-state index contributed by atoms with van der Waals surface area (Å²) in [5.41, 5.74) is 1.30. The van der Waals surface area contributed by atoms with E-state index in [1.807, 2.05) is 0 Å². The van der Waals surface area contributed by atoms with Gasteiger partial charge in [-0.15, -0.1) is 0 Å². The molecule has 1 aromatic heterocycles. The minimum Gasteiger partial charge on any atom is -0.481 e. The van der Waals surface area contributed by atoms with Crippen LogP contribution in [0.25, 0.3) is 5.69 Å². The lowest BCUT2D eigenvalue weighted by Gasteiger charge is -2.34. The highest BCUT2D eigenvalue weighted by Crippen LogP contribution is 2.17. The van der Waals surface area contributed by atoms with Crippen LogP contribution in [-0.2, 0) is 16.1 Å². The van der Waals surface area contributed by atoms with Crippen LogP contribution in [0.3, 0.4) is 0 Å². The van der Waals surface area contributed by atoms with Gasteiger partial charge in [0.05, 0.1) is 25.8 Å². The van der Waals surface area contributed by atoms with Gasteiger partial charge in [-0.25, -0.2) is 9.07 Å². The topological polar surface area (TPSA) is 67.6 Å². The van der Waals surface area contributed by atoms with E-state index in [0.29, 0.717) is 32.0 Å². The van der Waals surface area contributed by atoms with E-state index in [4.69, 9.17) is 9.84 Å².